The smallest absolute Gasteiger partial charge is 0.123 e. The van der Waals surface area contributed by atoms with Gasteiger partial charge in [0.25, 0.3) is 0 Å². The first-order valence-electron chi connectivity index (χ1n) is 8.65. The van der Waals surface area contributed by atoms with Crippen LogP contribution in [0.1, 0.15) is 12.1 Å². The van der Waals surface area contributed by atoms with Crippen LogP contribution < -0.4 is 5.32 Å². The number of hydrogen-bond acceptors (Lipinski definition) is 5. The normalized spacial score (nSPS) is 22.0. The third kappa shape index (κ3) is 4.73. The molecule has 4 nitrogen and oxygen atoms in total. The van der Waals surface area contributed by atoms with Crippen LogP contribution in [0.2, 0.25) is 5.02 Å². The van der Waals surface area contributed by atoms with E-state index in [0.29, 0.717) is 0 Å². The topological polar surface area (TPSA) is 31.4 Å². The lowest BCUT2D eigenvalue weighted by atomic mass is 10.2. The van der Waals surface area contributed by atoms with Crippen molar-refractivity contribution >= 4 is 35.3 Å². The molecule has 0 amide bonds. The van der Waals surface area contributed by atoms with Crippen LogP contribution in [0.3, 0.4) is 0 Å². The van der Waals surface area contributed by atoms with Crippen LogP contribution in [-0.2, 0) is 6.54 Å². The zero-order valence-corrected chi connectivity index (χ0v) is 16.5. The van der Waals surface area contributed by atoms with E-state index in [1.54, 1.807) is 11.3 Å². The predicted molar refractivity (Wildman–Crippen MR) is 108 cm³/mol. The van der Waals surface area contributed by atoms with Crippen LogP contribution in [-0.4, -0.2) is 60.1 Å². The van der Waals surface area contributed by atoms with Gasteiger partial charge in [0.05, 0.1) is 5.69 Å². The minimum Gasteiger partial charge on any atom is -0.314 e. The molecule has 1 N–H and O–H groups in total. The number of likely N-dealkylation sites (tertiary alicyclic amines) is 1. The average molecular weight is 399 g/mol. The van der Waals surface area contributed by atoms with E-state index >= 15 is 0 Å². The Hall–Kier alpha value is -0.690. The minimum atomic E-state index is 0. The van der Waals surface area contributed by atoms with Crippen molar-refractivity contribution in [1.82, 2.24) is 20.1 Å². The average Bonchev–Trinajstić information content (AvgIpc) is 3.27. The fourth-order valence-electron chi connectivity index (χ4n) is 3.63. The summed E-state index contributed by atoms with van der Waals surface area (Å²) < 4.78 is 0. The van der Waals surface area contributed by atoms with Crippen LogP contribution >= 0.6 is 35.3 Å². The molecule has 0 aliphatic carbocycles. The molecule has 136 valence electrons. The third-order valence-corrected chi connectivity index (χ3v) is 6.14. The summed E-state index contributed by atoms with van der Waals surface area (Å²) in [5.41, 5.74) is 2.33. The summed E-state index contributed by atoms with van der Waals surface area (Å²) in [5.74, 6) is 0. The summed E-state index contributed by atoms with van der Waals surface area (Å²) in [4.78, 5) is 10.0. The van der Waals surface area contributed by atoms with Gasteiger partial charge in [-0.1, -0.05) is 23.7 Å². The van der Waals surface area contributed by atoms with Crippen molar-refractivity contribution < 1.29 is 0 Å². The summed E-state index contributed by atoms with van der Waals surface area (Å²) in [6, 6.07) is 8.66. The van der Waals surface area contributed by atoms with E-state index in [1.807, 2.05) is 24.3 Å². The zero-order chi connectivity index (χ0) is 16.4. The number of nitrogens with zero attached hydrogens (tertiary/aromatic N) is 3. The van der Waals surface area contributed by atoms with Crippen LogP contribution in [0.15, 0.2) is 29.6 Å². The van der Waals surface area contributed by atoms with Gasteiger partial charge in [-0.15, -0.1) is 23.7 Å². The van der Waals surface area contributed by atoms with Crippen molar-refractivity contribution in [3.8, 4) is 10.6 Å². The molecule has 2 fully saturated rings. The van der Waals surface area contributed by atoms with Gasteiger partial charge in [-0.3, -0.25) is 9.80 Å². The molecule has 2 saturated heterocycles. The molecule has 2 aliphatic heterocycles. The van der Waals surface area contributed by atoms with Crippen LogP contribution in [0, 0.1) is 0 Å². The summed E-state index contributed by atoms with van der Waals surface area (Å²) in [7, 11) is 0. The van der Waals surface area contributed by atoms with Crippen molar-refractivity contribution in [1.29, 1.82) is 0 Å². The molecule has 2 aliphatic rings. The number of benzene rings is 1. The van der Waals surface area contributed by atoms with Gasteiger partial charge in [-0.2, -0.15) is 0 Å². The molecule has 1 unspecified atom stereocenters. The summed E-state index contributed by atoms with van der Waals surface area (Å²) >= 11 is 7.69. The number of piperazine rings is 1. The first-order valence-corrected chi connectivity index (χ1v) is 9.91. The van der Waals surface area contributed by atoms with Crippen LogP contribution in [0.25, 0.3) is 10.6 Å². The van der Waals surface area contributed by atoms with Gasteiger partial charge in [0.2, 0.25) is 0 Å². The summed E-state index contributed by atoms with van der Waals surface area (Å²) in [6.07, 6.45) is 1.29. The van der Waals surface area contributed by atoms with E-state index in [4.69, 9.17) is 16.6 Å². The fraction of sp³-hybridized carbons (Fsp3) is 0.500. The minimum absolute atomic E-state index is 0. The Morgan fingerprint density at radius 2 is 1.92 bits per heavy atom. The number of hydrogen-bond donors (Lipinski definition) is 1. The molecule has 3 heterocycles. The van der Waals surface area contributed by atoms with Crippen molar-refractivity contribution in [2.24, 2.45) is 0 Å². The van der Waals surface area contributed by atoms with Gasteiger partial charge in [-0.05, 0) is 18.6 Å². The first kappa shape index (κ1) is 19.1. The van der Waals surface area contributed by atoms with Gasteiger partial charge in [0.15, 0.2) is 0 Å². The van der Waals surface area contributed by atoms with Crippen molar-refractivity contribution in [2.75, 3.05) is 39.3 Å². The number of aromatic nitrogens is 1. The van der Waals surface area contributed by atoms with Gasteiger partial charge in [0.1, 0.15) is 5.01 Å². The third-order valence-electron chi connectivity index (χ3n) is 4.94. The van der Waals surface area contributed by atoms with E-state index < -0.39 is 0 Å². The van der Waals surface area contributed by atoms with Crippen molar-refractivity contribution in [3.05, 3.63) is 40.4 Å². The molecular weight excluding hydrogens is 375 g/mol. The Morgan fingerprint density at radius 1 is 1.16 bits per heavy atom. The molecule has 2 aromatic rings. The van der Waals surface area contributed by atoms with Crippen LogP contribution in [0.5, 0.6) is 0 Å². The van der Waals surface area contributed by atoms with Crippen molar-refractivity contribution in [2.45, 2.75) is 19.0 Å². The second kappa shape index (κ2) is 8.80. The standard InChI is InChI=1S/C18H23ClN4S.ClH/c19-15-3-1-14(2-4-15)18-21-16(13-24-18)11-22-8-5-17(12-22)23-9-6-20-7-10-23;/h1-4,13,17,20H,5-12H2;1H. The molecule has 0 bridgehead atoms. The highest BCUT2D eigenvalue weighted by Gasteiger charge is 2.28. The number of thiazole rings is 1. The SMILES string of the molecule is Cl.Clc1ccc(-c2nc(CN3CCC(N4CCNCC4)C3)cs2)cc1. The molecule has 0 spiro atoms. The van der Waals surface area contributed by atoms with Gasteiger partial charge < -0.3 is 5.32 Å². The lowest BCUT2D eigenvalue weighted by Crippen LogP contribution is -2.49. The van der Waals surface area contributed by atoms with Gasteiger partial charge in [0, 0.05) is 67.8 Å². The first-order chi connectivity index (χ1) is 11.8. The molecule has 1 aromatic carbocycles. The maximum absolute atomic E-state index is 5.96. The highest BCUT2D eigenvalue weighted by atomic mass is 35.5. The summed E-state index contributed by atoms with van der Waals surface area (Å²) in [5, 5.41) is 7.49. The molecule has 1 aromatic heterocycles. The molecule has 1 atom stereocenters. The lowest BCUT2D eigenvalue weighted by Gasteiger charge is -2.32. The maximum Gasteiger partial charge on any atom is 0.123 e. The Labute approximate surface area is 164 Å². The predicted octanol–water partition coefficient (Wildman–Crippen LogP) is 3.36. The zero-order valence-electron chi connectivity index (χ0n) is 14.2. The Morgan fingerprint density at radius 3 is 2.68 bits per heavy atom. The highest BCUT2D eigenvalue weighted by molar-refractivity contribution is 7.13. The Balaban J connectivity index is 0.00000182. The molecule has 0 saturated carbocycles. The fourth-order valence-corrected chi connectivity index (χ4v) is 4.58. The quantitative estimate of drug-likeness (QED) is 0.855. The summed E-state index contributed by atoms with van der Waals surface area (Å²) in [6.45, 7) is 7.97. The van der Waals surface area contributed by atoms with E-state index in [9.17, 15) is 0 Å². The van der Waals surface area contributed by atoms with E-state index in [-0.39, 0.29) is 12.4 Å². The van der Waals surface area contributed by atoms with Crippen molar-refractivity contribution in [3.63, 3.8) is 0 Å². The van der Waals surface area contributed by atoms with E-state index in [2.05, 4.69) is 20.5 Å². The Kier molecular flexibility index (Phi) is 6.72. The lowest BCUT2D eigenvalue weighted by molar-refractivity contribution is 0.170. The van der Waals surface area contributed by atoms with Gasteiger partial charge in [-0.25, -0.2) is 4.98 Å². The van der Waals surface area contributed by atoms with E-state index in [0.717, 1.165) is 41.3 Å². The second-order valence-corrected chi connectivity index (χ2v) is 7.91. The number of nitrogens with one attached hydrogen (secondary N) is 1. The second-order valence-electron chi connectivity index (χ2n) is 6.61. The molecule has 25 heavy (non-hydrogen) atoms. The number of rotatable bonds is 4. The highest BCUT2D eigenvalue weighted by Crippen LogP contribution is 2.26. The number of halogens is 2. The van der Waals surface area contributed by atoms with Gasteiger partial charge >= 0.3 is 0 Å². The largest absolute Gasteiger partial charge is 0.314 e. The molecule has 0 radical (unpaired) electrons. The van der Waals surface area contributed by atoms with Crippen LogP contribution in [0.4, 0.5) is 0 Å². The Bertz CT molecular complexity index is 670. The maximum atomic E-state index is 5.96. The molecule has 4 rings (SSSR count). The van der Waals surface area contributed by atoms with E-state index in [1.165, 1.54) is 38.3 Å². The molecule has 7 heteroatoms. The molecular formula is C18H24Cl2N4S. The monoisotopic (exact) mass is 398 g/mol.